The van der Waals surface area contributed by atoms with Gasteiger partial charge in [0.25, 0.3) is 0 Å². The maximum atomic E-state index is 12.8. The van der Waals surface area contributed by atoms with Crippen LogP contribution in [-0.4, -0.2) is 33.1 Å². The molecule has 2 atom stereocenters. The molecule has 0 aromatic heterocycles. The van der Waals surface area contributed by atoms with Gasteiger partial charge in [0, 0.05) is 17.8 Å². The van der Waals surface area contributed by atoms with E-state index in [9.17, 15) is 13.2 Å². The van der Waals surface area contributed by atoms with Gasteiger partial charge in [-0.1, -0.05) is 30.5 Å². The Labute approximate surface area is 172 Å². The number of nitrogens with one attached hydrogen (secondary N) is 2. The molecule has 1 aliphatic rings. The van der Waals surface area contributed by atoms with E-state index in [0.29, 0.717) is 12.2 Å². The van der Waals surface area contributed by atoms with Gasteiger partial charge in [0.1, 0.15) is 0 Å². The summed E-state index contributed by atoms with van der Waals surface area (Å²) in [4.78, 5) is 12.1. The Hall–Kier alpha value is -2.38. The van der Waals surface area contributed by atoms with Gasteiger partial charge in [0.05, 0.1) is 17.1 Å². The van der Waals surface area contributed by atoms with Gasteiger partial charge in [-0.05, 0) is 63.1 Å². The van der Waals surface area contributed by atoms with E-state index in [0.717, 1.165) is 36.9 Å². The molecule has 156 valence electrons. The highest BCUT2D eigenvalue weighted by Crippen LogP contribution is 2.24. The van der Waals surface area contributed by atoms with Crippen molar-refractivity contribution in [3.8, 4) is 0 Å². The first-order chi connectivity index (χ1) is 13.9. The van der Waals surface area contributed by atoms with Gasteiger partial charge >= 0.3 is 5.97 Å². The number of esters is 1. The van der Waals surface area contributed by atoms with E-state index >= 15 is 0 Å². The van der Waals surface area contributed by atoms with Crippen molar-refractivity contribution in [2.45, 2.75) is 56.5 Å². The van der Waals surface area contributed by atoms with Crippen molar-refractivity contribution in [2.24, 2.45) is 0 Å². The monoisotopic (exact) mass is 416 g/mol. The number of aryl methyl sites for hydroxylation is 1. The van der Waals surface area contributed by atoms with E-state index in [4.69, 9.17) is 4.74 Å². The Morgan fingerprint density at radius 1 is 1.00 bits per heavy atom. The molecular formula is C22H28N2O4S. The molecule has 0 heterocycles. The first-order valence-corrected chi connectivity index (χ1v) is 11.5. The molecule has 2 N–H and O–H groups in total. The van der Waals surface area contributed by atoms with Crippen LogP contribution in [0.5, 0.6) is 0 Å². The Kier molecular flexibility index (Phi) is 6.92. The maximum Gasteiger partial charge on any atom is 0.338 e. The number of carbonyl (C=O) groups excluding carboxylic acids is 1. The van der Waals surface area contributed by atoms with Crippen molar-refractivity contribution in [3.63, 3.8) is 0 Å². The highest BCUT2D eigenvalue weighted by Gasteiger charge is 2.29. The first-order valence-electron chi connectivity index (χ1n) is 10.0. The third kappa shape index (κ3) is 5.58. The molecule has 1 fully saturated rings. The van der Waals surface area contributed by atoms with Crippen LogP contribution in [0, 0.1) is 6.92 Å². The average molecular weight is 417 g/mol. The van der Waals surface area contributed by atoms with E-state index in [1.54, 1.807) is 43.3 Å². The zero-order valence-corrected chi connectivity index (χ0v) is 17.7. The van der Waals surface area contributed by atoms with Crippen molar-refractivity contribution >= 4 is 21.7 Å². The highest BCUT2D eigenvalue weighted by atomic mass is 32.2. The smallest absolute Gasteiger partial charge is 0.338 e. The molecule has 0 saturated heterocycles. The van der Waals surface area contributed by atoms with Gasteiger partial charge in [-0.25, -0.2) is 17.9 Å². The molecule has 0 bridgehead atoms. The minimum atomic E-state index is -3.58. The fourth-order valence-electron chi connectivity index (χ4n) is 3.56. The van der Waals surface area contributed by atoms with Crippen molar-refractivity contribution in [3.05, 3.63) is 59.7 Å². The van der Waals surface area contributed by atoms with Crippen molar-refractivity contribution in [1.82, 2.24) is 4.72 Å². The number of hydrogen-bond donors (Lipinski definition) is 2. The Morgan fingerprint density at radius 2 is 1.62 bits per heavy atom. The third-order valence-electron chi connectivity index (χ3n) is 5.15. The number of hydrogen-bond acceptors (Lipinski definition) is 5. The fraction of sp³-hybridized carbons (Fsp3) is 0.409. The summed E-state index contributed by atoms with van der Waals surface area (Å²) in [5.41, 5.74) is 2.37. The average Bonchev–Trinajstić information content (AvgIpc) is 2.70. The van der Waals surface area contributed by atoms with E-state index < -0.39 is 10.0 Å². The van der Waals surface area contributed by atoms with Crippen molar-refractivity contribution in [1.29, 1.82) is 0 Å². The molecule has 0 spiro atoms. The van der Waals surface area contributed by atoms with Gasteiger partial charge in [0.15, 0.2) is 0 Å². The second-order valence-electron chi connectivity index (χ2n) is 7.37. The van der Waals surface area contributed by atoms with Crippen LogP contribution in [0.15, 0.2) is 53.4 Å². The summed E-state index contributed by atoms with van der Waals surface area (Å²) in [6.45, 7) is 4.04. The predicted octanol–water partition coefficient (Wildman–Crippen LogP) is 3.87. The molecule has 0 radical (unpaired) electrons. The van der Waals surface area contributed by atoms with E-state index in [1.807, 2.05) is 19.1 Å². The standard InChI is InChI=1S/C22H28N2O4S/c1-3-28-22(25)17-10-12-18(13-11-17)23-20-6-4-5-7-21(20)24-29(26,27)19-14-8-16(2)9-15-19/h8-15,20-21,23-24H,3-7H2,1-2H3. The number of rotatable bonds is 7. The summed E-state index contributed by atoms with van der Waals surface area (Å²) in [5, 5.41) is 3.43. The minimum absolute atomic E-state index is 0.0163. The maximum absolute atomic E-state index is 12.8. The number of sulfonamides is 1. The quantitative estimate of drug-likeness (QED) is 0.669. The topological polar surface area (TPSA) is 84.5 Å². The Balaban J connectivity index is 1.69. The van der Waals surface area contributed by atoms with E-state index in [2.05, 4.69) is 10.0 Å². The van der Waals surface area contributed by atoms with Crippen LogP contribution < -0.4 is 10.0 Å². The van der Waals surface area contributed by atoms with Gasteiger partial charge in [-0.2, -0.15) is 0 Å². The fourth-order valence-corrected chi connectivity index (χ4v) is 4.87. The van der Waals surface area contributed by atoms with Gasteiger partial charge in [0.2, 0.25) is 10.0 Å². The zero-order chi connectivity index (χ0) is 20.9. The first kappa shape index (κ1) is 21.3. The van der Waals surface area contributed by atoms with Crippen LogP contribution >= 0.6 is 0 Å². The number of ether oxygens (including phenoxy) is 1. The minimum Gasteiger partial charge on any atom is -0.462 e. The zero-order valence-electron chi connectivity index (χ0n) is 16.9. The number of anilines is 1. The molecule has 1 saturated carbocycles. The van der Waals surface area contributed by atoms with E-state index in [1.165, 1.54) is 0 Å². The summed E-state index contributed by atoms with van der Waals surface area (Å²) < 4.78 is 33.5. The van der Waals surface area contributed by atoms with Crippen LogP contribution in [0.3, 0.4) is 0 Å². The van der Waals surface area contributed by atoms with Crippen LogP contribution in [-0.2, 0) is 14.8 Å². The lowest BCUT2D eigenvalue weighted by Gasteiger charge is -2.33. The summed E-state index contributed by atoms with van der Waals surface area (Å²) >= 11 is 0. The van der Waals surface area contributed by atoms with E-state index in [-0.39, 0.29) is 22.9 Å². The van der Waals surface area contributed by atoms with Gasteiger partial charge in [-0.15, -0.1) is 0 Å². The summed E-state index contributed by atoms with van der Waals surface area (Å²) in [7, 11) is -3.58. The predicted molar refractivity (Wildman–Crippen MR) is 114 cm³/mol. The molecule has 3 rings (SSSR count). The van der Waals surface area contributed by atoms with Crippen molar-refractivity contribution < 1.29 is 17.9 Å². The molecule has 2 aromatic rings. The van der Waals surface area contributed by atoms with Crippen LogP contribution in [0.2, 0.25) is 0 Å². The molecule has 0 aliphatic heterocycles. The van der Waals surface area contributed by atoms with Gasteiger partial charge in [-0.3, -0.25) is 0 Å². The SMILES string of the molecule is CCOC(=O)c1ccc(NC2CCCCC2NS(=O)(=O)c2ccc(C)cc2)cc1. The van der Waals surface area contributed by atoms with Crippen molar-refractivity contribution in [2.75, 3.05) is 11.9 Å². The van der Waals surface area contributed by atoms with Gasteiger partial charge < -0.3 is 10.1 Å². The van der Waals surface area contributed by atoms with Crippen LogP contribution in [0.25, 0.3) is 0 Å². The normalized spacial score (nSPS) is 19.5. The molecule has 6 nitrogen and oxygen atoms in total. The Morgan fingerprint density at radius 3 is 2.24 bits per heavy atom. The molecule has 1 aliphatic carbocycles. The largest absolute Gasteiger partial charge is 0.462 e. The lowest BCUT2D eigenvalue weighted by Crippen LogP contribution is -2.48. The Bertz CT molecular complexity index is 924. The molecule has 7 heteroatoms. The number of carbonyl (C=O) groups is 1. The van der Waals surface area contributed by atoms with Crippen LogP contribution in [0.4, 0.5) is 5.69 Å². The lowest BCUT2D eigenvalue weighted by atomic mass is 9.91. The molecule has 29 heavy (non-hydrogen) atoms. The summed E-state index contributed by atoms with van der Waals surface area (Å²) in [6.07, 6.45) is 3.69. The second-order valence-corrected chi connectivity index (χ2v) is 9.09. The molecule has 2 unspecified atom stereocenters. The number of benzene rings is 2. The summed E-state index contributed by atoms with van der Waals surface area (Å²) in [5.74, 6) is -0.347. The molecule has 2 aromatic carbocycles. The summed E-state index contributed by atoms with van der Waals surface area (Å²) in [6, 6.07) is 13.8. The third-order valence-corrected chi connectivity index (χ3v) is 6.66. The highest BCUT2D eigenvalue weighted by molar-refractivity contribution is 7.89. The second kappa shape index (κ2) is 9.41. The van der Waals surface area contributed by atoms with Crippen LogP contribution in [0.1, 0.15) is 48.5 Å². The lowest BCUT2D eigenvalue weighted by molar-refractivity contribution is 0.0526. The molecular weight excluding hydrogens is 388 g/mol. The molecule has 0 amide bonds.